The van der Waals surface area contributed by atoms with Crippen LogP contribution in [0.15, 0.2) is 41.5 Å². The summed E-state index contributed by atoms with van der Waals surface area (Å²) in [5.74, 6) is 0.880. The summed E-state index contributed by atoms with van der Waals surface area (Å²) in [5.41, 5.74) is 1.81. The molecule has 1 aromatic carbocycles. The van der Waals surface area contributed by atoms with Gasteiger partial charge in [0.15, 0.2) is 0 Å². The highest BCUT2D eigenvalue weighted by molar-refractivity contribution is 5.91. The number of nitrogens with one attached hydrogen (secondary N) is 2. The molecule has 0 aliphatic carbocycles. The summed E-state index contributed by atoms with van der Waals surface area (Å²) in [7, 11) is 1.79. The number of pyridine rings is 1. The molecule has 0 unspecified atom stereocenters. The molecule has 0 saturated heterocycles. The lowest BCUT2D eigenvalue weighted by Gasteiger charge is -2.11. The summed E-state index contributed by atoms with van der Waals surface area (Å²) in [6, 6.07) is 9.54. The van der Waals surface area contributed by atoms with E-state index in [1.807, 2.05) is 24.3 Å². The van der Waals surface area contributed by atoms with Crippen LogP contribution in [0.2, 0.25) is 0 Å². The van der Waals surface area contributed by atoms with E-state index in [0.29, 0.717) is 0 Å². The number of aromatic amines is 1. The van der Waals surface area contributed by atoms with E-state index in [4.69, 9.17) is 0 Å². The molecule has 6 heteroatoms. The number of aryl methyl sites for hydroxylation is 2. The lowest BCUT2D eigenvalue weighted by atomic mass is 10.1. The summed E-state index contributed by atoms with van der Waals surface area (Å²) in [5, 5.41) is 11.1. The number of benzene rings is 1. The van der Waals surface area contributed by atoms with Crippen molar-refractivity contribution in [2.45, 2.75) is 12.8 Å². The van der Waals surface area contributed by atoms with Crippen LogP contribution in [0.4, 0.5) is 5.69 Å². The topological polar surface area (TPSA) is 75.6 Å². The molecule has 0 aliphatic rings. The van der Waals surface area contributed by atoms with Gasteiger partial charge in [-0.05, 0) is 12.5 Å². The van der Waals surface area contributed by atoms with Gasteiger partial charge in [-0.15, -0.1) is 0 Å². The third-order valence-electron chi connectivity index (χ3n) is 3.52. The van der Waals surface area contributed by atoms with Gasteiger partial charge in [0, 0.05) is 37.2 Å². The average molecular weight is 283 g/mol. The van der Waals surface area contributed by atoms with Crippen LogP contribution in [0.1, 0.15) is 12.2 Å². The number of fused-ring (bicyclic) bond motifs is 1. The molecule has 3 rings (SSSR count). The molecular formula is C15H17N5O. The maximum Gasteiger partial charge on any atom is 0.252 e. The predicted octanol–water partition coefficient (Wildman–Crippen LogP) is 1.70. The second-order valence-electron chi connectivity index (χ2n) is 4.93. The highest BCUT2D eigenvalue weighted by Crippen LogP contribution is 2.20. The van der Waals surface area contributed by atoms with E-state index in [-0.39, 0.29) is 5.56 Å². The number of anilines is 1. The summed E-state index contributed by atoms with van der Waals surface area (Å²) in [6.07, 6.45) is 3.26. The molecule has 6 nitrogen and oxygen atoms in total. The highest BCUT2D eigenvalue weighted by atomic mass is 16.1. The highest BCUT2D eigenvalue weighted by Gasteiger charge is 2.05. The van der Waals surface area contributed by atoms with E-state index < -0.39 is 0 Å². The van der Waals surface area contributed by atoms with E-state index in [9.17, 15) is 4.79 Å². The number of H-pyrrole nitrogens is 1. The molecule has 0 amide bonds. The molecule has 0 radical (unpaired) electrons. The van der Waals surface area contributed by atoms with Crippen molar-refractivity contribution in [3.05, 3.63) is 52.8 Å². The number of para-hydroxylation sites is 1. The summed E-state index contributed by atoms with van der Waals surface area (Å²) >= 11 is 0. The Morgan fingerprint density at radius 2 is 2.19 bits per heavy atom. The first kappa shape index (κ1) is 13.4. The third-order valence-corrected chi connectivity index (χ3v) is 3.52. The zero-order chi connectivity index (χ0) is 14.7. The molecule has 0 bridgehead atoms. The SMILES string of the molecule is Cn1c(=O)cc(NCCCc2ncn[nH]2)c2ccccc21. The minimum atomic E-state index is -0.00793. The van der Waals surface area contributed by atoms with Crippen LogP contribution < -0.4 is 10.9 Å². The van der Waals surface area contributed by atoms with E-state index in [1.54, 1.807) is 17.7 Å². The van der Waals surface area contributed by atoms with Crippen molar-refractivity contribution in [2.75, 3.05) is 11.9 Å². The molecular weight excluding hydrogens is 266 g/mol. The molecule has 2 aromatic heterocycles. The first-order chi connectivity index (χ1) is 10.3. The lowest BCUT2D eigenvalue weighted by molar-refractivity contribution is 0.805. The van der Waals surface area contributed by atoms with Gasteiger partial charge in [0.2, 0.25) is 0 Å². The van der Waals surface area contributed by atoms with Crippen molar-refractivity contribution in [3.63, 3.8) is 0 Å². The predicted molar refractivity (Wildman–Crippen MR) is 82.4 cm³/mol. The third kappa shape index (κ3) is 2.79. The monoisotopic (exact) mass is 283 g/mol. The Bertz CT molecular complexity index is 791. The maximum absolute atomic E-state index is 12.0. The minimum Gasteiger partial charge on any atom is -0.384 e. The fourth-order valence-electron chi connectivity index (χ4n) is 2.39. The quantitative estimate of drug-likeness (QED) is 0.699. The van der Waals surface area contributed by atoms with Gasteiger partial charge >= 0.3 is 0 Å². The van der Waals surface area contributed by atoms with Gasteiger partial charge in [-0.1, -0.05) is 18.2 Å². The Morgan fingerprint density at radius 3 is 3.00 bits per heavy atom. The molecule has 0 spiro atoms. The first-order valence-electron chi connectivity index (χ1n) is 6.92. The molecule has 21 heavy (non-hydrogen) atoms. The Labute approximate surface area is 121 Å². The van der Waals surface area contributed by atoms with Crippen LogP contribution in [0.25, 0.3) is 10.9 Å². The van der Waals surface area contributed by atoms with Gasteiger partial charge < -0.3 is 9.88 Å². The molecule has 0 atom stereocenters. The van der Waals surface area contributed by atoms with Gasteiger partial charge in [-0.3, -0.25) is 9.89 Å². The Morgan fingerprint density at radius 1 is 1.33 bits per heavy atom. The fourth-order valence-corrected chi connectivity index (χ4v) is 2.39. The zero-order valence-corrected chi connectivity index (χ0v) is 11.8. The van der Waals surface area contributed by atoms with E-state index in [0.717, 1.165) is 41.8 Å². The van der Waals surface area contributed by atoms with E-state index in [2.05, 4.69) is 20.5 Å². The Balaban J connectivity index is 1.75. The Hall–Kier alpha value is -2.63. The van der Waals surface area contributed by atoms with Crippen LogP contribution in [0, 0.1) is 0 Å². The lowest BCUT2D eigenvalue weighted by Crippen LogP contribution is -2.17. The van der Waals surface area contributed by atoms with Crippen LogP contribution in [0.5, 0.6) is 0 Å². The summed E-state index contributed by atoms with van der Waals surface area (Å²) in [4.78, 5) is 16.1. The maximum atomic E-state index is 12.0. The molecule has 0 aliphatic heterocycles. The second kappa shape index (κ2) is 5.78. The largest absolute Gasteiger partial charge is 0.384 e. The minimum absolute atomic E-state index is 0.00793. The van der Waals surface area contributed by atoms with Crippen molar-refractivity contribution in [3.8, 4) is 0 Å². The van der Waals surface area contributed by atoms with Gasteiger partial charge in [0.25, 0.3) is 5.56 Å². The first-order valence-corrected chi connectivity index (χ1v) is 6.92. The van der Waals surface area contributed by atoms with Crippen molar-refractivity contribution in [2.24, 2.45) is 7.05 Å². The fraction of sp³-hybridized carbons (Fsp3) is 0.267. The number of aromatic nitrogens is 4. The van der Waals surface area contributed by atoms with E-state index >= 15 is 0 Å². The number of hydrogen-bond donors (Lipinski definition) is 2. The Kier molecular flexibility index (Phi) is 3.68. The van der Waals surface area contributed by atoms with Crippen LogP contribution in [-0.4, -0.2) is 26.3 Å². The molecule has 2 heterocycles. The smallest absolute Gasteiger partial charge is 0.252 e. The summed E-state index contributed by atoms with van der Waals surface area (Å²) < 4.78 is 1.66. The molecule has 0 saturated carbocycles. The standard InChI is InChI=1S/C15H17N5O/c1-20-13-6-3-2-5-11(13)12(9-15(20)21)16-8-4-7-14-17-10-18-19-14/h2-3,5-6,9-10,16H,4,7-8H2,1H3,(H,17,18,19). The number of nitrogens with zero attached hydrogens (tertiary/aromatic N) is 3. The zero-order valence-electron chi connectivity index (χ0n) is 11.8. The van der Waals surface area contributed by atoms with Crippen molar-refractivity contribution >= 4 is 16.6 Å². The second-order valence-corrected chi connectivity index (χ2v) is 4.93. The van der Waals surface area contributed by atoms with E-state index in [1.165, 1.54) is 6.33 Å². The summed E-state index contributed by atoms with van der Waals surface area (Å²) in [6.45, 7) is 0.776. The van der Waals surface area contributed by atoms with Crippen LogP contribution in [-0.2, 0) is 13.5 Å². The van der Waals surface area contributed by atoms with Crippen molar-refractivity contribution in [1.82, 2.24) is 19.7 Å². The normalized spacial score (nSPS) is 10.9. The average Bonchev–Trinajstić information content (AvgIpc) is 3.02. The van der Waals surface area contributed by atoms with Crippen LogP contribution >= 0.6 is 0 Å². The molecule has 3 aromatic rings. The molecule has 0 fully saturated rings. The van der Waals surface area contributed by atoms with Gasteiger partial charge in [0.1, 0.15) is 12.2 Å². The van der Waals surface area contributed by atoms with Crippen molar-refractivity contribution < 1.29 is 0 Å². The van der Waals surface area contributed by atoms with Crippen molar-refractivity contribution in [1.29, 1.82) is 0 Å². The number of rotatable bonds is 5. The molecule has 108 valence electrons. The number of hydrogen-bond acceptors (Lipinski definition) is 4. The van der Waals surface area contributed by atoms with Gasteiger partial charge in [-0.25, -0.2) is 4.98 Å². The van der Waals surface area contributed by atoms with Crippen LogP contribution in [0.3, 0.4) is 0 Å². The van der Waals surface area contributed by atoms with Gasteiger partial charge in [0.05, 0.1) is 5.52 Å². The van der Waals surface area contributed by atoms with Gasteiger partial charge in [-0.2, -0.15) is 5.10 Å². The molecule has 2 N–H and O–H groups in total.